The average molecular weight is 353 g/mol. The number of nitrogens with zero attached hydrogens (tertiary/aromatic N) is 2. The molecule has 0 aliphatic carbocycles. The van der Waals surface area contributed by atoms with Crippen molar-refractivity contribution in [2.45, 2.75) is 20.3 Å². The predicted molar refractivity (Wildman–Crippen MR) is 95.6 cm³/mol. The number of rotatable bonds is 6. The van der Waals surface area contributed by atoms with Crippen molar-refractivity contribution in [1.29, 1.82) is 0 Å². The summed E-state index contributed by atoms with van der Waals surface area (Å²) in [5.74, 6) is 0.143. The fraction of sp³-hybridized carbons (Fsp3) is 0.211. The van der Waals surface area contributed by atoms with Crippen LogP contribution in [-0.2, 0) is 11.2 Å². The zero-order chi connectivity index (χ0) is 18.5. The number of hydrogen-bond donors (Lipinski definition) is 1. The van der Waals surface area contributed by atoms with Crippen LogP contribution in [0.3, 0.4) is 0 Å². The molecule has 1 N–H and O–H groups in total. The van der Waals surface area contributed by atoms with Gasteiger partial charge in [-0.2, -0.15) is 5.10 Å². The van der Waals surface area contributed by atoms with Crippen molar-refractivity contribution in [3.05, 3.63) is 65.9 Å². The number of furan rings is 1. The van der Waals surface area contributed by atoms with E-state index >= 15 is 0 Å². The summed E-state index contributed by atoms with van der Waals surface area (Å²) in [6.07, 6.45) is 2.35. The Morgan fingerprint density at radius 3 is 2.69 bits per heavy atom. The van der Waals surface area contributed by atoms with Gasteiger partial charge in [-0.1, -0.05) is 19.1 Å². The summed E-state index contributed by atoms with van der Waals surface area (Å²) in [4.78, 5) is 24.2. The number of para-hydroxylation sites is 2. The Bertz CT molecular complexity index is 926. The second-order valence-electron chi connectivity index (χ2n) is 5.46. The van der Waals surface area contributed by atoms with E-state index in [0.717, 1.165) is 5.76 Å². The third kappa shape index (κ3) is 3.66. The van der Waals surface area contributed by atoms with Crippen molar-refractivity contribution in [2.75, 3.05) is 11.9 Å². The van der Waals surface area contributed by atoms with Crippen molar-refractivity contribution < 1.29 is 18.7 Å². The second kappa shape index (κ2) is 7.69. The van der Waals surface area contributed by atoms with Crippen LogP contribution < -0.4 is 5.32 Å². The lowest BCUT2D eigenvalue weighted by Crippen LogP contribution is -2.13. The number of aryl methyl sites for hydroxylation is 1. The Morgan fingerprint density at radius 2 is 1.96 bits per heavy atom. The van der Waals surface area contributed by atoms with Crippen LogP contribution in [0.5, 0.6) is 0 Å². The largest absolute Gasteiger partial charge is 0.461 e. The van der Waals surface area contributed by atoms with Gasteiger partial charge in [0.25, 0.3) is 5.91 Å². The molecule has 1 aromatic carbocycles. The Labute approximate surface area is 150 Å². The Morgan fingerprint density at radius 1 is 1.15 bits per heavy atom. The first-order valence-electron chi connectivity index (χ1n) is 8.34. The molecule has 0 atom stereocenters. The quantitative estimate of drug-likeness (QED) is 0.686. The molecule has 1 amide bonds. The topological polar surface area (TPSA) is 86.4 Å². The van der Waals surface area contributed by atoms with E-state index in [4.69, 9.17) is 9.15 Å². The van der Waals surface area contributed by atoms with Gasteiger partial charge in [-0.25, -0.2) is 9.48 Å². The summed E-state index contributed by atoms with van der Waals surface area (Å²) in [5, 5.41) is 7.04. The lowest BCUT2D eigenvalue weighted by molar-refractivity contribution is 0.0519. The van der Waals surface area contributed by atoms with E-state index in [1.165, 1.54) is 4.68 Å². The van der Waals surface area contributed by atoms with Crippen molar-refractivity contribution in [2.24, 2.45) is 0 Å². The lowest BCUT2D eigenvalue weighted by atomic mass is 10.2. The van der Waals surface area contributed by atoms with Crippen molar-refractivity contribution in [1.82, 2.24) is 9.78 Å². The molecule has 26 heavy (non-hydrogen) atoms. The summed E-state index contributed by atoms with van der Waals surface area (Å²) < 4.78 is 11.9. The van der Waals surface area contributed by atoms with Crippen LogP contribution in [-0.4, -0.2) is 28.3 Å². The molecule has 0 bridgehead atoms. The van der Waals surface area contributed by atoms with E-state index in [1.807, 2.05) is 13.0 Å². The fourth-order valence-corrected chi connectivity index (χ4v) is 2.43. The average Bonchev–Trinajstić information content (AvgIpc) is 3.32. The van der Waals surface area contributed by atoms with Gasteiger partial charge in [-0.15, -0.1) is 0 Å². The normalized spacial score (nSPS) is 10.5. The van der Waals surface area contributed by atoms with Gasteiger partial charge in [0.1, 0.15) is 5.76 Å². The van der Waals surface area contributed by atoms with E-state index in [0.29, 0.717) is 17.8 Å². The number of esters is 1. The van der Waals surface area contributed by atoms with E-state index in [-0.39, 0.29) is 24.0 Å². The number of aromatic nitrogens is 2. The van der Waals surface area contributed by atoms with E-state index in [1.54, 1.807) is 49.5 Å². The fourth-order valence-electron chi connectivity index (χ4n) is 2.43. The maximum Gasteiger partial charge on any atom is 0.358 e. The molecule has 0 saturated carbocycles. The highest BCUT2D eigenvalue weighted by atomic mass is 16.5. The second-order valence-corrected chi connectivity index (χ2v) is 5.46. The van der Waals surface area contributed by atoms with Gasteiger partial charge in [0, 0.05) is 12.6 Å². The summed E-state index contributed by atoms with van der Waals surface area (Å²) in [6, 6.07) is 12.1. The van der Waals surface area contributed by atoms with E-state index in [2.05, 4.69) is 10.4 Å². The van der Waals surface area contributed by atoms with Gasteiger partial charge in [0.15, 0.2) is 11.5 Å². The highest BCUT2D eigenvalue weighted by molar-refractivity contribution is 6.03. The molecule has 0 unspecified atom stereocenters. The third-order valence-electron chi connectivity index (χ3n) is 3.71. The van der Waals surface area contributed by atoms with Crippen LogP contribution in [0.25, 0.3) is 5.69 Å². The Balaban J connectivity index is 1.84. The highest BCUT2D eigenvalue weighted by Gasteiger charge is 2.16. The zero-order valence-electron chi connectivity index (χ0n) is 14.6. The summed E-state index contributed by atoms with van der Waals surface area (Å²) in [6.45, 7) is 3.97. The monoisotopic (exact) mass is 353 g/mol. The van der Waals surface area contributed by atoms with Crippen molar-refractivity contribution in [3.8, 4) is 5.69 Å². The minimum Gasteiger partial charge on any atom is -0.461 e. The first kappa shape index (κ1) is 17.5. The van der Waals surface area contributed by atoms with Gasteiger partial charge in [-0.3, -0.25) is 4.79 Å². The van der Waals surface area contributed by atoms with Crippen molar-refractivity contribution >= 4 is 17.6 Å². The molecule has 3 rings (SSSR count). The number of carbonyl (C=O) groups is 2. The number of nitrogens with one attached hydrogen (secondary N) is 1. The summed E-state index contributed by atoms with van der Waals surface area (Å²) in [7, 11) is 0. The number of carbonyl (C=O) groups excluding carboxylic acids is 2. The first-order valence-corrected chi connectivity index (χ1v) is 8.34. The molecular formula is C19H19N3O4. The lowest BCUT2D eigenvalue weighted by Gasteiger charge is -2.10. The molecule has 0 fully saturated rings. The van der Waals surface area contributed by atoms with Gasteiger partial charge in [-0.05, 0) is 37.3 Å². The molecule has 2 aromatic heterocycles. The van der Waals surface area contributed by atoms with E-state index in [9.17, 15) is 9.59 Å². The number of amides is 1. The van der Waals surface area contributed by atoms with Crippen LogP contribution in [0.4, 0.5) is 5.69 Å². The standard InChI is InChI=1S/C19H19N3O4/c1-3-13-9-10-17(26-13)18(23)20-14-7-5-6-8-16(14)22-12-11-15(21-22)19(24)25-4-2/h5-12H,3-4H2,1-2H3,(H,20,23). The minimum atomic E-state index is -0.490. The molecule has 0 aliphatic heterocycles. The maximum atomic E-state index is 12.4. The molecule has 0 aliphatic rings. The number of anilines is 1. The smallest absolute Gasteiger partial charge is 0.358 e. The molecule has 7 nitrogen and oxygen atoms in total. The molecule has 0 spiro atoms. The van der Waals surface area contributed by atoms with Crippen LogP contribution in [0.1, 0.15) is 40.7 Å². The zero-order valence-corrected chi connectivity index (χ0v) is 14.6. The van der Waals surface area contributed by atoms with Gasteiger partial charge < -0.3 is 14.5 Å². The van der Waals surface area contributed by atoms with Crippen LogP contribution >= 0.6 is 0 Å². The van der Waals surface area contributed by atoms with Crippen LogP contribution in [0, 0.1) is 0 Å². The molecule has 7 heteroatoms. The number of hydrogen-bond acceptors (Lipinski definition) is 5. The predicted octanol–water partition coefficient (Wildman–Crippen LogP) is 3.46. The first-order chi connectivity index (χ1) is 12.6. The molecular weight excluding hydrogens is 334 g/mol. The Hall–Kier alpha value is -3.35. The van der Waals surface area contributed by atoms with E-state index < -0.39 is 5.97 Å². The highest BCUT2D eigenvalue weighted by Crippen LogP contribution is 2.21. The molecule has 3 aromatic rings. The molecule has 134 valence electrons. The minimum absolute atomic E-state index is 0.201. The van der Waals surface area contributed by atoms with Gasteiger partial charge in [0.2, 0.25) is 0 Å². The molecule has 0 saturated heterocycles. The van der Waals surface area contributed by atoms with Gasteiger partial charge in [0.05, 0.1) is 18.0 Å². The maximum absolute atomic E-state index is 12.4. The van der Waals surface area contributed by atoms with Crippen LogP contribution in [0.15, 0.2) is 53.1 Å². The SMILES string of the molecule is CCOC(=O)c1ccn(-c2ccccc2NC(=O)c2ccc(CC)o2)n1. The Kier molecular flexibility index (Phi) is 5.17. The van der Waals surface area contributed by atoms with Crippen molar-refractivity contribution in [3.63, 3.8) is 0 Å². The van der Waals surface area contributed by atoms with Crippen LogP contribution in [0.2, 0.25) is 0 Å². The number of ether oxygens (including phenoxy) is 1. The third-order valence-corrected chi connectivity index (χ3v) is 3.71. The molecule has 2 heterocycles. The number of benzene rings is 1. The summed E-state index contributed by atoms with van der Waals surface area (Å²) >= 11 is 0. The van der Waals surface area contributed by atoms with Gasteiger partial charge >= 0.3 is 5.97 Å². The summed E-state index contributed by atoms with van der Waals surface area (Å²) in [5.41, 5.74) is 1.37. The molecule has 0 radical (unpaired) electrons.